The topological polar surface area (TPSA) is 77.5 Å². The molecule has 172 valence electrons. The fraction of sp³-hybridized carbons (Fsp3) is 0.500. The lowest BCUT2D eigenvalue weighted by Crippen LogP contribution is -2.48. The highest BCUT2D eigenvalue weighted by Gasteiger charge is 2.18. The van der Waals surface area contributed by atoms with Gasteiger partial charge in [0.25, 0.3) is 5.56 Å². The minimum atomic E-state index is -0.313. The predicted molar refractivity (Wildman–Crippen MR) is 125 cm³/mol. The maximum Gasteiger partial charge on any atom is 0.332 e. The van der Waals surface area contributed by atoms with Crippen molar-refractivity contribution in [3.8, 4) is 5.75 Å². The standard InChI is InChI=1S/C22H29ClN6O3/c1-25-16-24-20-19(25)21(30)29(22(31)26(20)2)9-3-8-27-10-12-28(13-11-27)14-15-32-18-6-4-17(23)5-7-18/h4-7,16H,3,8-15H2,1-2H3. The first kappa shape index (κ1) is 22.6. The van der Waals surface area contributed by atoms with Crippen molar-refractivity contribution in [2.45, 2.75) is 13.0 Å². The third-order valence-electron chi connectivity index (χ3n) is 6.01. The molecule has 0 aliphatic carbocycles. The Hall–Kier alpha value is -2.62. The van der Waals surface area contributed by atoms with Gasteiger partial charge in [0.15, 0.2) is 11.2 Å². The summed E-state index contributed by atoms with van der Waals surface area (Å²) in [4.78, 5) is 34.3. The molecule has 0 radical (unpaired) electrons. The molecule has 0 amide bonds. The number of aromatic nitrogens is 4. The van der Waals surface area contributed by atoms with Gasteiger partial charge in [-0.2, -0.15) is 0 Å². The maximum absolute atomic E-state index is 12.8. The van der Waals surface area contributed by atoms with Crippen LogP contribution in [-0.4, -0.2) is 74.4 Å². The van der Waals surface area contributed by atoms with E-state index in [1.807, 2.05) is 24.3 Å². The molecule has 3 aromatic rings. The molecule has 0 bridgehead atoms. The van der Waals surface area contributed by atoms with Crippen LogP contribution in [0.15, 0.2) is 40.2 Å². The number of aryl methyl sites for hydroxylation is 2. The van der Waals surface area contributed by atoms with Crippen LogP contribution in [0.1, 0.15) is 6.42 Å². The van der Waals surface area contributed by atoms with E-state index < -0.39 is 0 Å². The number of piperazine rings is 1. The summed E-state index contributed by atoms with van der Waals surface area (Å²) in [6.07, 6.45) is 2.31. The van der Waals surface area contributed by atoms with Crippen molar-refractivity contribution in [1.29, 1.82) is 0 Å². The highest BCUT2D eigenvalue weighted by atomic mass is 35.5. The summed E-state index contributed by atoms with van der Waals surface area (Å²) in [5, 5.41) is 0.705. The predicted octanol–water partition coefficient (Wildman–Crippen LogP) is 1.17. The number of hydrogen-bond donors (Lipinski definition) is 0. The minimum absolute atomic E-state index is 0.270. The number of fused-ring (bicyclic) bond motifs is 1. The Morgan fingerprint density at radius 1 is 0.969 bits per heavy atom. The second-order valence-corrected chi connectivity index (χ2v) is 8.60. The van der Waals surface area contributed by atoms with Crippen molar-refractivity contribution in [3.63, 3.8) is 0 Å². The first-order valence-corrected chi connectivity index (χ1v) is 11.3. The van der Waals surface area contributed by atoms with Crippen LogP contribution in [0.3, 0.4) is 0 Å². The van der Waals surface area contributed by atoms with Crippen LogP contribution >= 0.6 is 11.6 Å². The van der Waals surface area contributed by atoms with E-state index in [9.17, 15) is 9.59 Å². The van der Waals surface area contributed by atoms with Crippen molar-refractivity contribution in [3.05, 3.63) is 56.5 Å². The molecular weight excluding hydrogens is 432 g/mol. The molecule has 1 aromatic carbocycles. The van der Waals surface area contributed by atoms with Crippen molar-refractivity contribution in [2.24, 2.45) is 14.1 Å². The summed E-state index contributed by atoms with van der Waals surface area (Å²) >= 11 is 5.89. The molecule has 10 heteroatoms. The van der Waals surface area contributed by atoms with Gasteiger partial charge in [0.05, 0.1) is 6.33 Å². The van der Waals surface area contributed by atoms with Crippen LogP contribution < -0.4 is 16.0 Å². The van der Waals surface area contributed by atoms with Crippen molar-refractivity contribution >= 4 is 22.8 Å². The third-order valence-corrected chi connectivity index (χ3v) is 6.26. The lowest BCUT2D eigenvalue weighted by Gasteiger charge is -2.34. The quantitative estimate of drug-likeness (QED) is 0.502. The Labute approximate surface area is 191 Å². The second kappa shape index (κ2) is 9.89. The first-order chi connectivity index (χ1) is 15.4. The third kappa shape index (κ3) is 4.90. The van der Waals surface area contributed by atoms with E-state index in [0.717, 1.165) is 51.4 Å². The fourth-order valence-electron chi connectivity index (χ4n) is 4.11. The normalized spacial score (nSPS) is 15.5. The Morgan fingerprint density at radius 2 is 1.62 bits per heavy atom. The highest BCUT2D eigenvalue weighted by Crippen LogP contribution is 2.15. The molecule has 1 fully saturated rings. The maximum atomic E-state index is 12.8. The van der Waals surface area contributed by atoms with E-state index in [1.165, 1.54) is 9.13 Å². The first-order valence-electron chi connectivity index (χ1n) is 10.9. The van der Waals surface area contributed by atoms with Crippen LogP contribution in [0.25, 0.3) is 11.2 Å². The molecule has 4 rings (SSSR count). The number of hydrogen-bond acceptors (Lipinski definition) is 6. The molecule has 1 aliphatic heterocycles. The van der Waals surface area contributed by atoms with Gasteiger partial charge in [-0.25, -0.2) is 9.78 Å². The molecule has 9 nitrogen and oxygen atoms in total. The highest BCUT2D eigenvalue weighted by molar-refractivity contribution is 6.30. The van der Waals surface area contributed by atoms with Crippen molar-refractivity contribution in [2.75, 3.05) is 45.9 Å². The van der Waals surface area contributed by atoms with Crippen LogP contribution in [0, 0.1) is 0 Å². The summed E-state index contributed by atoms with van der Waals surface area (Å²) in [7, 11) is 3.43. The molecule has 1 aliphatic rings. The number of halogens is 1. The second-order valence-electron chi connectivity index (χ2n) is 8.17. The van der Waals surface area contributed by atoms with Gasteiger partial charge >= 0.3 is 5.69 Å². The molecule has 0 N–H and O–H groups in total. The summed E-state index contributed by atoms with van der Waals surface area (Å²) in [5.41, 5.74) is 0.303. The fourth-order valence-corrected chi connectivity index (χ4v) is 4.23. The SMILES string of the molecule is Cn1cnc2c1c(=O)n(CCCN1CCN(CCOc3ccc(Cl)cc3)CC1)c(=O)n2C. The summed E-state index contributed by atoms with van der Waals surface area (Å²) in [6.45, 7) is 6.68. The largest absolute Gasteiger partial charge is 0.492 e. The monoisotopic (exact) mass is 460 g/mol. The number of rotatable bonds is 8. The number of benzene rings is 1. The average molecular weight is 461 g/mol. The molecule has 3 heterocycles. The van der Waals surface area contributed by atoms with Gasteiger partial charge in [0, 0.05) is 58.4 Å². The average Bonchev–Trinajstić information content (AvgIpc) is 3.19. The Bertz CT molecular complexity index is 1180. The van der Waals surface area contributed by atoms with Gasteiger partial charge in [-0.15, -0.1) is 0 Å². The van der Waals surface area contributed by atoms with E-state index >= 15 is 0 Å². The van der Waals surface area contributed by atoms with Crippen molar-refractivity contribution in [1.82, 2.24) is 28.5 Å². The zero-order valence-electron chi connectivity index (χ0n) is 18.5. The molecule has 0 unspecified atom stereocenters. The minimum Gasteiger partial charge on any atom is -0.492 e. The van der Waals surface area contributed by atoms with Crippen LogP contribution in [0.4, 0.5) is 0 Å². The van der Waals surface area contributed by atoms with E-state index in [-0.39, 0.29) is 11.2 Å². The Balaban J connectivity index is 1.23. The molecule has 0 spiro atoms. The number of imidazole rings is 1. The van der Waals surface area contributed by atoms with E-state index in [1.54, 1.807) is 25.0 Å². The van der Waals surface area contributed by atoms with Crippen molar-refractivity contribution < 1.29 is 4.74 Å². The Morgan fingerprint density at radius 3 is 2.31 bits per heavy atom. The van der Waals surface area contributed by atoms with E-state index in [0.29, 0.717) is 29.3 Å². The van der Waals surface area contributed by atoms with Gasteiger partial charge in [0.2, 0.25) is 0 Å². The molecule has 0 atom stereocenters. The number of nitrogens with zero attached hydrogens (tertiary/aromatic N) is 6. The summed E-state index contributed by atoms with van der Waals surface area (Å²) in [5.74, 6) is 0.832. The zero-order valence-corrected chi connectivity index (χ0v) is 19.3. The van der Waals surface area contributed by atoms with Crippen LogP contribution in [-0.2, 0) is 20.6 Å². The van der Waals surface area contributed by atoms with Gasteiger partial charge in [-0.1, -0.05) is 11.6 Å². The zero-order chi connectivity index (χ0) is 22.7. The van der Waals surface area contributed by atoms with Crippen LogP contribution in [0.2, 0.25) is 5.02 Å². The molecular formula is C22H29ClN6O3. The van der Waals surface area contributed by atoms with Gasteiger partial charge in [0.1, 0.15) is 12.4 Å². The summed E-state index contributed by atoms with van der Waals surface area (Å²) in [6, 6.07) is 7.42. The van der Waals surface area contributed by atoms with E-state index in [4.69, 9.17) is 16.3 Å². The Kier molecular flexibility index (Phi) is 6.98. The van der Waals surface area contributed by atoms with Gasteiger partial charge in [-0.05, 0) is 37.2 Å². The molecule has 0 saturated carbocycles. The number of ether oxygens (including phenoxy) is 1. The summed E-state index contributed by atoms with van der Waals surface area (Å²) < 4.78 is 10.2. The molecule has 1 saturated heterocycles. The lowest BCUT2D eigenvalue weighted by molar-refractivity contribution is 0.115. The van der Waals surface area contributed by atoms with Crippen LogP contribution in [0.5, 0.6) is 5.75 Å². The van der Waals surface area contributed by atoms with Gasteiger partial charge in [-0.3, -0.25) is 18.8 Å². The molecule has 32 heavy (non-hydrogen) atoms. The lowest BCUT2D eigenvalue weighted by atomic mass is 10.3. The smallest absolute Gasteiger partial charge is 0.332 e. The van der Waals surface area contributed by atoms with E-state index in [2.05, 4.69) is 14.8 Å². The van der Waals surface area contributed by atoms with Gasteiger partial charge < -0.3 is 14.2 Å². The molecule has 2 aromatic heterocycles.